The maximum atomic E-state index is 13.6. The Kier molecular flexibility index (Phi) is 6.32. The minimum Gasteiger partial charge on any atom is -0.372 e. The first-order valence-corrected chi connectivity index (χ1v) is 7.76. The molecule has 6 nitrogen and oxygen atoms in total. The van der Waals surface area contributed by atoms with E-state index in [4.69, 9.17) is 16.3 Å². The Morgan fingerprint density at radius 2 is 2.22 bits per heavy atom. The Morgan fingerprint density at radius 1 is 1.43 bits per heavy atom. The van der Waals surface area contributed by atoms with Crippen LogP contribution in [0.5, 0.6) is 0 Å². The molecule has 0 spiro atoms. The van der Waals surface area contributed by atoms with E-state index in [2.05, 4.69) is 16.0 Å². The number of benzene rings is 1. The molecule has 0 aromatic heterocycles. The highest BCUT2D eigenvalue weighted by atomic mass is 35.5. The van der Waals surface area contributed by atoms with Crippen LogP contribution >= 0.6 is 11.6 Å². The van der Waals surface area contributed by atoms with E-state index in [1.165, 1.54) is 12.1 Å². The summed E-state index contributed by atoms with van der Waals surface area (Å²) >= 11 is 5.68. The minimum absolute atomic E-state index is 0.0300. The SMILES string of the molecule is CCNC(=O)NC(=O)CN[C@@H]1CCO[C@@H]1c1ccc(Cl)c(F)c1. The van der Waals surface area contributed by atoms with Crippen molar-refractivity contribution in [1.29, 1.82) is 0 Å². The van der Waals surface area contributed by atoms with Gasteiger partial charge >= 0.3 is 6.03 Å². The van der Waals surface area contributed by atoms with Crippen LogP contribution in [0.15, 0.2) is 18.2 Å². The van der Waals surface area contributed by atoms with Gasteiger partial charge in [-0.25, -0.2) is 9.18 Å². The molecule has 1 aliphatic heterocycles. The Labute approximate surface area is 138 Å². The summed E-state index contributed by atoms with van der Waals surface area (Å²) in [5.41, 5.74) is 0.658. The second kappa shape index (κ2) is 8.24. The standard InChI is InChI=1S/C15H19ClFN3O3/c1-2-18-15(22)20-13(21)8-19-12-5-6-23-14(12)9-3-4-10(16)11(17)7-9/h3-4,7,12,14,19H,2,5-6,8H2,1H3,(H2,18,20,21,22)/t12-,14-/m1/s1. The molecule has 2 atom stereocenters. The molecule has 2 rings (SSSR count). The lowest BCUT2D eigenvalue weighted by Crippen LogP contribution is -2.45. The molecule has 1 aromatic carbocycles. The fraction of sp³-hybridized carbons (Fsp3) is 0.467. The zero-order valence-corrected chi connectivity index (χ0v) is 13.5. The average Bonchev–Trinajstić information content (AvgIpc) is 2.96. The normalized spacial score (nSPS) is 20.3. The summed E-state index contributed by atoms with van der Waals surface area (Å²) in [4.78, 5) is 22.9. The second-order valence-electron chi connectivity index (χ2n) is 5.15. The predicted octanol–water partition coefficient (Wildman–Crippen LogP) is 1.74. The van der Waals surface area contributed by atoms with Gasteiger partial charge in [-0.15, -0.1) is 0 Å². The molecule has 3 N–H and O–H groups in total. The van der Waals surface area contributed by atoms with Crippen LogP contribution in [-0.2, 0) is 9.53 Å². The lowest BCUT2D eigenvalue weighted by atomic mass is 10.0. The van der Waals surface area contributed by atoms with E-state index in [-0.39, 0.29) is 23.7 Å². The highest BCUT2D eigenvalue weighted by molar-refractivity contribution is 6.30. The largest absolute Gasteiger partial charge is 0.372 e. The van der Waals surface area contributed by atoms with E-state index >= 15 is 0 Å². The van der Waals surface area contributed by atoms with Crippen molar-refractivity contribution < 1.29 is 18.7 Å². The molecule has 0 radical (unpaired) electrons. The number of amides is 3. The summed E-state index contributed by atoms with van der Waals surface area (Å²) in [5, 5.41) is 7.77. The molecule has 0 aliphatic carbocycles. The molecule has 8 heteroatoms. The van der Waals surface area contributed by atoms with Gasteiger partial charge in [-0.3, -0.25) is 10.1 Å². The van der Waals surface area contributed by atoms with Crippen LogP contribution in [0.1, 0.15) is 25.0 Å². The number of carbonyl (C=O) groups excluding carboxylic acids is 2. The van der Waals surface area contributed by atoms with Crippen molar-refractivity contribution in [1.82, 2.24) is 16.0 Å². The maximum absolute atomic E-state index is 13.6. The molecule has 1 heterocycles. The zero-order valence-electron chi connectivity index (χ0n) is 12.7. The van der Waals surface area contributed by atoms with Crippen LogP contribution in [0.2, 0.25) is 5.02 Å². The molecule has 0 unspecified atom stereocenters. The van der Waals surface area contributed by atoms with Crippen LogP contribution in [0.4, 0.5) is 9.18 Å². The average molecular weight is 344 g/mol. The summed E-state index contributed by atoms with van der Waals surface area (Å²) in [6, 6.07) is 3.84. The quantitative estimate of drug-likeness (QED) is 0.761. The number of nitrogens with one attached hydrogen (secondary N) is 3. The van der Waals surface area contributed by atoms with Gasteiger partial charge in [-0.1, -0.05) is 17.7 Å². The Morgan fingerprint density at radius 3 is 2.91 bits per heavy atom. The van der Waals surface area contributed by atoms with Crippen molar-refractivity contribution in [2.24, 2.45) is 0 Å². The fourth-order valence-electron chi connectivity index (χ4n) is 2.42. The number of halogens is 2. The summed E-state index contributed by atoms with van der Waals surface area (Å²) in [5.74, 6) is -0.948. The van der Waals surface area contributed by atoms with Gasteiger partial charge < -0.3 is 15.4 Å². The van der Waals surface area contributed by atoms with E-state index in [9.17, 15) is 14.0 Å². The summed E-state index contributed by atoms with van der Waals surface area (Å²) in [6.07, 6.45) is 0.322. The number of urea groups is 1. The number of ether oxygens (including phenoxy) is 1. The molecule has 1 saturated heterocycles. The van der Waals surface area contributed by atoms with Gasteiger partial charge in [0.2, 0.25) is 5.91 Å². The molecule has 1 fully saturated rings. The predicted molar refractivity (Wildman–Crippen MR) is 83.7 cm³/mol. The van der Waals surface area contributed by atoms with Crippen LogP contribution in [-0.4, -0.2) is 37.7 Å². The monoisotopic (exact) mass is 343 g/mol. The van der Waals surface area contributed by atoms with Gasteiger partial charge in [-0.2, -0.15) is 0 Å². The third-order valence-corrected chi connectivity index (χ3v) is 3.79. The van der Waals surface area contributed by atoms with Crippen LogP contribution in [0.25, 0.3) is 0 Å². The maximum Gasteiger partial charge on any atom is 0.321 e. The van der Waals surface area contributed by atoms with Gasteiger partial charge in [0.1, 0.15) is 5.82 Å². The first-order valence-electron chi connectivity index (χ1n) is 7.39. The van der Waals surface area contributed by atoms with Gasteiger partial charge in [0.05, 0.1) is 17.7 Å². The lowest BCUT2D eigenvalue weighted by molar-refractivity contribution is -0.119. The molecule has 3 amide bonds. The molecule has 0 bridgehead atoms. The second-order valence-corrected chi connectivity index (χ2v) is 5.56. The van der Waals surface area contributed by atoms with Gasteiger partial charge in [-0.05, 0) is 31.0 Å². The van der Waals surface area contributed by atoms with Gasteiger partial charge in [0.25, 0.3) is 0 Å². The van der Waals surface area contributed by atoms with E-state index in [1.807, 2.05) is 0 Å². The van der Waals surface area contributed by atoms with Crippen molar-refractivity contribution in [3.05, 3.63) is 34.6 Å². The van der Waals surface area contributed by atoms with Crippen molar-refractivity contribution in [2.75, 3.05) is 19.7 Å². The molecule has 0 saturated carbocycles. The van der Waals surface area contributed by atoms with Gasteiger partial charge in [0.15, 0.2) is 0 Å². The summed E-state index contributed by atoms with van der Waals surface area (Å²) < 4.78 is 19.2. The number of rotatable bonds is 5. The highest BCUT2D eigenvalue weighted by Crippen LogP contribution is 2.30. The Hall–Kier alpha value is -1.70. The van der Waals surface area contributed by atoms with Crippen molar-refractivity contribution in [3.8, 4) is 0 Å². The van der Waals surface area contributed by atoms with Crippen molar-refractivity contribution >= 4 is 23.5 Å². The smallest absolute Gasteiger partial charge is 0.321 e. The zero-order chi connectivity index (χ0) is 16.8. The first-order chi connectivity index (χ1) is 11.0. The van der Waals surface area contributed by atoms with Crippen LogP contribution < -0.4 is 16.0 Å². The molecule has 23 heavy (non-hydrogen) atoms. The Bertz CT molecular complexity index is 585. The van der Waals surface area contributed by atoms with Crippen molar-refractivity contribution in [3.63, 3.8) is 0 Å². The molecular weight excluding hydrogens is 325 g/mol. The van der Waals surface area contributed by atoms with E-state index in [0.717, 1.165) is 0 Å². The lowest BCUT2D eigenvalue weighted by Gasteiger charge is -2.20. The van der Waals surface area contributed by atoms with Gasteiger partial charge in [0, 0.05) is 19.2 Å². The van der Waals surface area contributed by atoms with E-state index < -0.39 is 17.8 Å². The summed E-state index contributed by atoms with van der Waals surface area (Å²) in [6.45, 7) is 2.67. The minimum atomic E-state index is -0.529. The number of carbonyl (C=O) groups is 2. The molecule has 126 valence electrons. The van der Waals surface area contributed by atoms with Crippen molar-refractivity contribution in [2.45, 2.75) is 25.5 Å². The topological polar surface area (TPSA) is 79.5 Å². The van der Waals surface area contributed by atoms with Crippen LogP contribution in [0.3, 0.4) is 0 Å². The Balaban J connectivity index is 1.90. The third kappa shape index (κ3) is 4.89. The first kappa shape index (κ1) is 17.7. The highest BCUT2D eigenvalue weighted by Gasteiger charge is 2.30. The fourth-order valence-corrected chi connectivity index (χ4v) is 2.53. The molecular formula is C15H19ClFN3O3. The van der Waals surface area contributed by atoms with E-state index in [0.29, 0.717) is 25.1 Å². The van der Waals surface area contributed by atoms with Crippen LogP contribution in [0, 0.1) is 5.82 Å². The molecule has 1 aromatic rings. The molecule has 1 aliphatic rings. The number of imide groups is 1. The van der Waals surface area contributed by atoms with E-state index in [1.54, 1.807) is 13.0 Å². The third-order valence-electron chi connectivity index (χ3n) is 3.48. The summed E-state index contributed by atoms with van der Waals surface area (Å²) in [7, 11) is 0. The number of hydrogen-bond acceptors (Lipinski definition) is 4. The number of hydrogen-bond donors (Lipinski definition) is 3.